The molecule has 0 aliphatic heterocycles. The zero-order valence-electron chi connectivity index (χ0n) is 35.4. The van der Waals surface area contributed by atoms with Gasteiger partial charge in [0.1, 0.15) is 12.6 Å². The molecule has 0 aromatic heterocycles. The number of ether oxygens (including phenoxy) is 2. The van der Waals surface area contributed by atoms with Crippen LogP contribution in [-0.4, -0.2) is 71.1 Å². The number of carboxylic acid groups (broad SMARTS) is 1. The Balaban J connectivity index is 4.70. The molecule has 0 aromatic carbocycles. The summed E-state index contributed by atoms with van der Waals surface area (Å²) in [5.74, 6) is -2.65. The van der Waals surface area contributed by atoms with Gasteiger partial charge in [0.15, 0.2) is 6.10 Å². The number of carboxylic acids is 1. The molecular weight excluding hydrogens is 773 g/mol. The van der Waals surface area contributed by atoms with Crippen LogP contribution < -0.4 is 5.73 Å². The van der Waals surface area contributed by atoms with Gasteiger partial charge in [0, 0.05) is 12.8 Å². The molecule has 12 nitrogen and oxygen atoms in total. The highest BCUT2D eigenvalue weighted by Gasteiger charge is 2.28. The van der Waals surface area contributed by atoms with Crippen LogP contribution in [0.25, 0.3) is 0 Å². The molecule has 0 saturated heterocycles. The van der Waals surface area contributed by atoms with Gasteiger partial charge in [0.2, 0.25) is 0 Å². The number of phosphoric ester groups is 1. The van der Waals surface area contributed by atoms with Gasteiger partial charge in [0.05, 0.1) is 19.3 Å². The summed E-state index contributed by atoms with van der Waals surface area (Å²) in [6, 6.07) is -1.56. The fourth-order valence-corrected chi connectivity index (χ4v) is 5.55. The smallest absolute Gasteiger partial charge is 0.472 e. The molecular formula is C46H72NO11P. The van der Waals surface area contributed by atoms with Crippen molar-refractivity contribution in [1.82, 2.24) is 0 Å². The Bertz CT molecular complexity index is 1430. The maximum Gasteiger partial charge on any atom is 0.472 e. The van der Waals surface area contributed by atoms with Gasteiger partial charge >= 0.3 is 25.7 Å². The quantitative estimate of drug-likeness (QED) is 0.0152. The van der Waals surface area contributed by atoms with Crippen LogP contribution in [-0.2, 0) is 37.5 Å². The zero-order chi connectivity index (χ0) is 43.7. The molecule has 59 heavy (non-hydrogen) atoms. The number of allylic oxidation sites excluding steroid dienone is 16. The first-order valence-corrected chi connectivity index (χ1v) is 22.5. The highest BCUT2D eigenvalue weighted by molar-refractivity contribution is 7.47. The van der Waals surface area contributed by atoms with E-state index in [-0.39, 0.29) is 19.3 Å². The SMILES string of the molecule is CC/C=C\C/C=C\C/C=C\C/C=C\C=C/C(O)C/C=C\CCC(=O)O[C@H](COC(=O)CCCC/C=C\C/C=C\C/C=C\CCCCC)COP(=O)(O)OC[C@H](N)C(=O)O. The van der Waals surface area contributed by atoms with E-state index < -0.39 is 63.8 Å². The van der Waals surface area contributed by atoms with Crippen LogP contribution >= 0.6 is 7.82 Å². The Morgan fingerprint density at radius 3 is 1.76 bits per heavy atom. The number of aliphatic hydroxyl groups is 1. The van der Waals surface area contributed by atoms with E-state index in [1.807, 2.05) is 12.2 Å². The molecule has 0 heterocycles. The van der Waals surface area contributed by atoms with Crippen LogP contribution in [0, 0.1) is 0 Å². The van der Waals surface area contributed by atoms with E-state index in [0.29, 0.717) is 12.8 Å². The third-order valence-electron chi connectivity index (χ3n) is 8.10. The van der Waals surface area contributed by atoms with E-state index in [1.165, 1.54) is 19.3 Å². The van der Waals surface area contributed by atoms with E-state index in [2.05, 4.69) is 91.3 Å². The summed E-state index contributed by atoms with van der Waals surface area (Å²) in [6.07, 6.45) is 47.6. The fraction of sp³-hybridized carbons (Fsp3) is 0.543. The number of carbonyl (C=O) groups excluding carboxylic acids is 2. The van der Waals surface area contributed by atoms with Gasteiger partial charge in [0.25, 0.3) is 0 Å². The second kappa shape index (κ2) is 39.6. The molecule has 13 heteroatoms. The number of rotatable bonds is 37. The van der Waals surface area contributed by atoms with E-state index in [0.717, 1.165) is 57.8 Å². The van der Waals surface area contributed by atoms with Crippen molar-refractivity contribution in [3.63, 3.8) is 0 Å². The first-order chi connectivity index (χ1) is 28.5. The van der Waals surface area contributed by atoms with Crippen molar-refractivity contribution in [1.29, 1.82) is 0 Å². The molecule has 0 rings (SSSR count). The molecule has 0 aromatic rings. The number of hydrogen-bond donors (Lipinski definition) is 4. The predicted molar refractivity (Wildman–Crippen MR) is 236 cm³/mol. The molecule has 5 N–H and O–H groups in total. The second-order valence-corrected chi connectivity index (χ2v) is 15.0. The van der Waals surface area contributed by atoms with Crippen molar-refractivity contribution in [3.05, 3.63) is 109 Å². The lowest BCUT2D eigenvalue weighted by molar-refractivity contribution is -0.161. The summed E-state index contributed by atoms with van der Waals surface area (Å²) < 4.78 is 32.5. The molecule has 2 unspecified atom stereocenters. The lowest BCUT2D eigenvalue weighted by Crippen LogP contribution is -2.34. The molecule has 332 valence electrons. The standard InChI is InChI=1S/C46H72NO11P/c1-3-5-7-9-11-13-15-17-18-20-22-24-26-28-32-36-44(49)55-38-42(39-56-59(53,54)57-40-43(47)46(51)52)58-45(50)37-33-29-31-35-41(48)34-30-27-25-23-21-19-16-14-12-10-8-6-4-2/h6,8,11-14,17-19,21-22,24-25,27,29-31,34,41-43,48H,3-5,7,9-10,15-16,20,23,26,28,32-33,35-40,47H2,1-2H3,(H,51,52)(H,53,54)/b8-6-,13-11-,14-12-,18-17-,21-19-,24-22-,27-25-,31-29-,34-30-/t41?,42-,43+/m1/s1. The minimum atomic E-state index is -4.78. The molecule has 4 atom stereocenters. The summed E-state index contributed by atoms with van der Waals surface area (Å²) in [5.41, 5.74) is 5.31. The van der Waals surface area contributed by atoms with E-state index in [4.69, 9.17) is 24.8 Å². The normalized spacial score (nSPS) is 15.3. The molecule has 0 amide bonds. The zero-order valence-corrected chi connectivity index (χ0v) is 36.3. The number of phosphoric acid groups is 1. The Labute approximate surface area is 353 Å². The van der Waals surface area contributed by atoms with Gasteiger partial charge in [-0.25, -0.2) is 4.57 Å². The monoisotopic (exact) mass is 845 g/mol. The van der Waals surface area contributed by atoms with E-state index >= 15 is 0 Å². The van der Waals surface area contributed by atoms with Crippen LogP contribution in [0.2, 0.25) is 0 Å². The summed E-state index contributed by atoms with van der Waals surface area (Å²) >= 11 is 0. The first-order valence-electron chi connectivity index (χ1n) is 21.0. The first kappa shape index (κ1) is 55.1. The Morgan fingerprint density at radius 2 is 1.17 bits per heavy atom. The summed E-state index contributed by atoms with van der Waals surface area (Å²) in [4.78, 5) is 45.9. The third kappa shape index (κ3) is 39.3. The molecule has 0 saturated carbocycles. The van der Waals surface area contributed by atoms with Crippen LogP contribution in [0.15, 0.2) is 109 Å². The number of hydrogen-bond acceptors (Lipinski definition) is 10. The molecule has 0 spiro atoms. The number of unbranched alkanes of at least 4 members (excludes halogenated alkanes) is 5. The van der Waals surface area contributed by atoms with Gasteiger partial charge in [-0.05, 0) is 83.5 Å². The highest BCUT2D eigenvalue weighted by atomic mass is 31.2. The predicted octanol–water partition coefficient (Wildman–Crippen LogP) is 10.0. The van der Waals surface area contributed by atoms with E-state index in [9.17, 15) is 28.9 Å². The number of aliphatic carboxylic acids is 1. The average Bonchev–Trinajstić information content (AvgIpc) is 3.21. The van der Waals surface area contributed by atoms with Crippen molar-refractivity contribution in [2.24, 2.45) is 5.73 Å². The number of aliphatic hydroxyl groups excluding tert-OH is 1. The fourth-order valence-electron chi connectivity index (χ4n) is 4.77. The maximum absolute atomic E-state index is 12.6. The van der Waals surface area contributed by atoms with Gasteiger partial charge in [-0.15, -0.1) is 0 Å². The van der Waals surface area contributed by atoms with Gasteiger partial charge in [-0.1, -0.05) is 136 Å². The van der Waals surface area contributed by atoms with E-state index in [1.54, 1.807) is 24.3 Å². The topological polar surface area (TPSA) is 192 Å². The van der Waals surface area contributed by atoms with Crippen molar-refractivity contribution >= 4 is 25.7 Å². The van der Waals surface area contributed by atoms with Crippen molar-refractivity contribution in [2.75, 3.05) is 19.8 Å². The van der Waals surface area contributed by atoms with Crippen molar-refractivity contribution < 1.29 is 52.6 Å². The molecule has 0 aliphatic rings. The molecule has 0 radical (unpaired) electrons. The summed E-state index contributed by atoms with van der Waals surface area (Å²) in [7, 11) is -4.78. The minimum Gasteiger partial charge on any atom is -0.480 e. The summed E-state index contributed by atoms with van der Waals surface area (Å²) in [5, 5.41) is 19.1. The second-order valence-electron chi connectivity index (χ2n) is 13.6. The van der Waals surface area contributed by atoms with Crippen LogP contribution in [0.5, 0.6) is 0 Å². The highest BCUT2D eigenvalue weighted by Crippen LogP contribution is 2.43. The minimum absolute atomic E-state index is 0.0605. The van der Waals surface area contributed by atoms with Gasteiger partial charge < -0.3 is 30.3 Å². The lowest BCUT2D eigenvalue weighted by atomic mass is 10.1. The lowest BCUT2D eigenvalue weighted by Gasteiger charge is -2.20. The average molecular weight is 846 g/mol. The number of nitrogens with two attached hydrogens (primary N) is 1. The molecule has 0 aliphatic carbocycles. The van der Waals surface area contributed by atoms with Gasteiger partial charge in [-0.2, -0.15) is 0 Å². The van der Waals surface area contributed by atoms with Crippen molar-refractivity contribution in [3.8, 4) is 0 Å². The van der Waals surface area contributed by atoms with Crippen LogP contribution in [0.3, 0.4) is 0 Å². The Hall–Kier alpha value is -3.90. The van der Waals surface area contributed by atoms with Crippen LogP contribution in [0.1, 0.15) is 123 Å². The Morgan fingerprint density at radius 1 is 0.627 bits per heavy atom. The van der Waals surface area contributed by atoms with Crippen molar-refractivity contribution in [2.45, 2.75) is 141 Å². The molecule has 0 bridgehead atoms. The summed E-state index contributed by atoms with van der Waals surface area (Å²) in [6.45, 7) is 2.41. The maximum atomic E-state index is 12.6. The largest absolute Gasteiger partial charge is 0.480 e. The Kier molecular flexibility index (Phi) is 36.9. The third-order valence-corrected chi connectivity index (χ3v) is 9.05. The molecule has 0 fully saturated rings. The van der Waals surface area contributed by atoms with Crippen LogP contribution in [0.4, 0.5) is 0 Å². The number of esters is 2. The number of carbonyl (C=O) groups is 3. The van der Waals surface area contributed by atoms with Gasteiger partial charge in [-0.3, -0.25) is 23.4 Å².